The number of carbonyl (C=O) groups excluding carboxylic acids is 1. The van der Waals surface area contributed by atoms with Crippen molar-refractivity contribution in [2.24, 2.45) is 11.8 Å². The molecule has 25 heavy (non-hydrogen) atoms. The molecule has 1 N–H and O–H groups in total. The molecule has 5 nitrogen and oxygen atoms in total. The van der Waals surface area contributed by atoms with Crippen molar-refractivity contribution in [3.05, 3.63) is 52.3 Å². The van der Waals surface area contributed by atoms with Crippen LogP contribution in [-0.4, -0.2) is 39.8 Å². The van der Waals surface area contributed by atoms with Gasteiger partial charge in [-0.25, -0.2) is 4.79 Å². The lowest BCUT2D eigenvalue weighted by Crippen LogP contribution is -2.35. The zero-order chi connectivity index (χ0) is 17.4. The molecule has 2 aromatic rings. The normalized spacial score (nSPS) is 25.4. The highest BCUT2D eigenvalue weighted by atomic mass is 35.5. The molecular weight excluding hydrogens is 359 g/mol. The van der Waals surface area contributed by atoms with E-state index in [4.69, 9.17) is 23.2 Å². The summed E-state index contributed by atoms with van der Waals surface area (Å²) < 4.78 is 1.33. The number of nitrogens with zero attached hydrogens (tertiary/aromatic N) is 3. The molecule has 0 radical (unpaired) electrons. The second-order valence-electron chi connectivity index (χ2n) is 6.95. The lowest BCUT2D eigenvalue weighted by atomic mass is 10.0. The Balaban J connectivity index is 1.30. The molecule has 7 heteroatoms. The Morgan fingerprint density at radius 2 is 1.92 bits per heavy atom. The summed E-state index contributed by atoms with van der Waals surface area (Å²) in [6, 6.07) is 8.35. The first-order valence-corrected chi connectivity index (χ1v) is 9.32. The van der Waals surface area contributed by atoms with Crippen LogP contribution in [0.3, 0.4) is 0 Å². The van der Waals surface area contributed by atoms with E-state index >= 15 is 0 Å². The molecular formula is C18H20Cl2N4O. The Bertz CT molecular complexity index is 764. The summed E-state index contributed by atoms with van der Waals surface area (Å²) >= 11 is 12.1. The van der Waals surface area contributed by atoms with Crippen molar-refractivity contribution in [3.8, 4) is 0 Å². The number of benzene rings is 1. The third kappa shape index (κ3) is 3.54. The molecule has 3 atom stereocenters. The number of likely N-dealkylation sites (tertiary alicyclic amines) is 1. The minimum absolute atomic E-state index is 0.0816. The largest absolute Gasteiger partial charge is 0.344 e. The molecule has 0 spiro atoms. The molecule has 1 saturated carbocycles. The second kappa shape index (κ2) is 6.98. The van der Waals surface area contributed by atoms with Gasteiger partial charge in [0.15, 0.2) is 0 Å². The van der Waals surface area contributed by atoms with Crippen LogP contribution in [0.1, 0.15) is 18.4 Å². The van der Waals surface area contributed by atoms with Crippen LogP contribution in [0.2, 0.25) is 10.0 Å². The summed E-state index contributed by atoms with van der Waals surface area (Å²) in [4.78, 5) is 14.4. The van der Waals surface area contributed by atoms with Crippen molar-refractivity contribution < 1.29 is 4.79 Å². The smallest absolute Gasteiger partial charge is 0.322 e. The molecule has 132 valence electrons. The van der Waals surface area contributed by atoms with Crippen LogP contribution in [0.5, 0.6) is 0 Å². The molecule has 1 aromatic carbocycles. The van der Waals surface area contributed by atoms with Crippen LogP contribution in [0.25, 0.3) is 0 Å². The van der Waals surface area contributed by atoms with Crippen molar-refractivity contribution in [1.82, 2.24) is 20.0 Å². The molecule has 2 aliphatic rings. The van der Waals surface area contributed by atoms with Crippen LogP contribution in [0.15, 0.2) is 36.7 Å². The topological polar surface area (TPSA) is 50.2 Å². The van der Waals surface area contributed by atoms with Gasteiger partial charge in [-0.2, -0.15) is 9.78 Å². The highest BCUT2D eigenvalue weighted by molar-refractivity contribution is 6.31. The molecule has 0 unspecified atom stereocenters. The van der Waals surface area contributed by atoms with Crippen molar-refractivity contribution in [2.75, 3.05) is 13.1 Å². The number of amides is 1. The quantitative estimate of drug-likeness (QED) is 0.886. The van der Waals surface area contributed by atoms with Gasteiger partial charge in [0.1, 0.15) is 0 Å². The minimum Gasteiger partial charge on any atom is -0.322 e. The molecule has 4 rings (SSSR count). The zero-order valence-corrected chi connectivity index (χ0v) is 15.2. The first kappa shape index (κ1) is 16.9. The van der Waals surface area contributed by atoms with E-state index in [1.54, 1.807) is 6.20 Å². The second-order valence-corrected chi connectivity index (χ2v) is 7.80. The van der Waals surface area contributed by atoms with Crippen LogP contribution >= 0.6 is 23.2 Å². The fourth-order valence-corrected chi connectivity index (χ4v) is 4.41. The van der Waals surface area contributed by atoms with E-state index in [0.29, 0.717) is 22.9 Å². The predicted molar refractivity (Wildman–Crippen MR) is 97.9 cm³/mol. The average Bonchev–Trinajstić information content (AvgIpc) is 3.28. The Hall–Kier alpha value is -1.56. The highest BCUT2D eigenvalue weighted by Gasteiger charge is 2.42. The van der Waals surface area contributed by atoms with Gasteiger partial charge in [-0.15, -0.1) is 0 Å². The van der Waals surface area contributed by atoms with Crippen LogP contribution in [-0.2, 0) is 6.54 Å². The maximum atomic E-state index is 12.5. The summed E-state index contributed by atoms with van der Waals surface area (Å²) in [5.74, 6) is 1.11. The summed E-state index contributed by atoms with van der Waals surface area (Å²) in [6.45, 7) is 2.38. The van der Waals surface area contributed by atoms with Crippen molar-refractivity contribution in [2.45, 2.75) is 25.4 Å². The maximum Gasteiger partial charge on any atom is 0.344 e. The van der Waals surface area contributed by atoms with Gasteiger partial charge in [-0.3, -0.25) is 0 Å². The van der Waals surface area contributed by atoms with E-state index in [-0.39, 0.29) is 6.03 Å². The van der Waals surface area contributed by atoms with Gasteiger partial charge >= 0.3 is 6.03 Å². The number of rotatable bonds is 3. The Kier molecular flexibility index (Phi) is 4.71. The van der Waals surface area contributed by atoms with E-state index in [9.17, 15) is 4.79 Å². The number of hydrogen-bond acceptors (Lipinski definition) is 3. The fourth-order valence-electron chi connectivity index (χ4n) is 4.07. The molecule has 2 heterocycles. The van der Waals surface area contributed by atoms with Crippen molar-refractivity contribution in [3.63, 3.8) is 0 Å². The number of aromatic nitrogens is 2. The first-order valence-electron chi connectivity index (χ1n) is 8.56. The lowest BCUT2D eigenvalue weighted by molar-refractivity contribution is 0.202. The molecule has 1 saturated heterocycles. The summed E-state index contributed by atoms with van der Waals surface area (Å²) in [6.07, 6.45) is 5.24. The number of hydrogen-bond donors (Lipinski definition) is 1. The maximum absolute atomic E-state index is 12.5. The predicted octanol–water partition coefficient (Wildman–Crippen LogP) is 3.66. The molecule has 1 amide bonds. The van der Waals surface area contributed by atoms with Gasteiger partial charge in [0.05, 0.1) is 17.4 Å². The summed E-state index contributed by atoms with van der Waals surface area (Å²) in [7, 11) is 0. The van der Waals surface area contributed by atoms with Crippen LogP contribution in [0.4, 0.5) is 4.79 Å². The van der Waals surface area contributed by atoms with Gasteiger partial charge in [-0.05, 0) is 36.3 Å². The Morgan fingerprint density at radius 1 is 1.20 bits per heavy atom. The van der Waals surface area contributed by atoms with E-state index in [0.717, 1.165) is 43.1 Å². The average molecular weight is 379 g/mol. The molecule has 1 aliphatic carbocycles. The minimum atomic E-state index is -0.0816. The van der Waals surface area contributed by atoms with E-state index in [1.165, 1.54) is 10.9 Å². The molecule has 2 fully saturated rings. The third-order valence-electron chi connectivity index (χ3n) is 5.31. The highest BCUT2D eigenvalue weighted by Crippen LogP contribution is 2.38. The first-order chi connectivity index (χ1) is 12.1. The van der Waals surface area contributed by atoms with E-state index in [1.807, 2.05) is 23.1 Å². The number of carbonyl (C=O) groups is 1. The number of nitrogens with one attached hydrogen (secondary N) is 1. The van der Waals surface area contributed by atoms with Crippen LogP contribution < -0.4 is 5.32 Å². The number of fused-ring (bicyclic) bond motifs is 1. The Labute approximate surface area is 156 Å². The van der Waals surface area contributed by atoms with Crippen LogP contribution in [0, 0.1) is 11.8 Å². The zero-order valence-electron chi connectivity index (χ0n) is 13.7. The van der Waals surface area contributed by atoms with Gasteiger partial charge in [0, 0.05) is 30.7 Å². The molecule has 0 bridgehead atoms. The van der Waals surface area contributed by atoms with Gasteiger partial charge < -0.3 is 10.2 Å². The van der Waals surface area contributed by atoms with E-state index < -0.39 is 0 Å². The standard InChI is InChI=1S/C18H20Cl2N4O/c19-15-8-22-24(11-15)18(25)23-9-13-5-16(6-14(13)10-23)21-7-12-3-1-2-4-17(12)20/h1-4,8,11,13-14,16,21H,5-7,9-10H2/t13-,14+,16+. The molecule has 1 aliphatic heterocycles. The number of halogens is 2. The van der Waals surface area contributed by atoms with Gasteiger partial charge in [0.25, 0.3) is 0 Å². The summed E-state index contributed by atoms with van der Waals surface area (Å²) in [5.41, 5.74) is 1.13. The van der Waals surface area contributed by atoms with Gasteiger partial charge in [0.2, 0.25) is 0 Å². The monoisotopic (exact) mass is 378 g/mol. The Morgan fingerprint density at radius 3 is 2.56 bits per heavy atom. The molecule has 1 aromatic heterocycles. The van der Waals surface area contributed by atoms with E-state index in [2.05, 4.69) is 16.5 Å². The fraction of sp³-hybridized carbons (Fsp3) is 0.444. The third-order valence-corrected chi connectivity index (χ3v) is 5.87. The van der Waals surface area contributed by atoms with Crippen molar-refractivity contribution >= 4 is 29.2 Å². The summed E-state index contributed by atoms with van der Waals surface area (Å²) in [5, 5.41) is 8.92. The van der Waals surface area contributed by atoms with Crippen molar-refractivity contribution in [1.29, 1.82) is 0 Å². The lowest BCUT2D eigenvalue weighted by Gasteiger charge is -2.19. The SMILES string of the molecule is O=C(N1C[C@H]2C[C@H](NCc3ccccc3Cl)C[C@H]2C1)n1cc(Cl)cn1. The van der Waals surface area contributed by atoms with Gasteiger partial charge in [-0.1, -0.05) is 41.4 Å².